The van der Waals surface area contributed by atoms with Crippen LogP contribution in [0.1, 0.15) is 17.5 Å². The van der Waals surface area contributed by atoms with Crippen molar-refractivity contribution in [2.24, 2.45) is 0 Å². The first-order valence-corrected chi connectivity index (χ1v) is 8.69. The fourth-order valence-electron chi connectivity index (χ4n) is 2.37. The summed E-state index contributed by atoms with van der Waals surface area (Å²) in [7, 11) is -2.89. The molecule has 1 aliphatic heterocycles. The highest BCUT2D eigenvalue weighted by Crippen LogP contribution is 2.12. The molecule has 6 heteroatoms. The third-order valence-corrected chi connectivity index (χ3v) is 5.14. The van der Waals surface area contributed by atoms with Crippen molar-refractivity contribution in [1.29, 1.82) is 0 Å². The van der Waals surface area contributed by atoms with Crippen LogP contribution in [0.25, 0.3) is 6.08 Å². The van der Waals surface area contributed by atoms with Gasteiger partial charge in [0.25, 0.3) is 0 Å². The van der Waals surface area contributed by atoms with Gasteiger partial charge in [-0.1, -0.05) is 24.3 Å². The van der Waals surface area contributed by atoms with Crippen LogP contribution in [-0.4, -0.2) is 49.0 Å². The number of nitrogens with zero attached hydrogens (tertiary/aromatic N) is 1. The highest BCUT2D eigenvalue weighted by Gasteiger charge is 2.18. The Morgan fingerprint density at radius 1 is 1.29 bits per heavy atom. The molecule has 0 atom stereocenters. The highest BCUT2D eigenvalue weighted by molar-refractivity contribution is 7.91. The molecule has 1 heterocycles. The molecule has 5 nitrogen and oxygen atoms in total. The molecular formula is C15H19NO4S. The van der Waals surface area contributed by atoms with Crippen LogP contribution in [0.2, 0.25) is 0 Å². The molecule has 0 spiro atoms. The number of benzene rings is 1. The third kappa shape index (κ3) is 5.32. The average Bonchev–Trinajstić information content (AvgIpc) is 2.58. The first-order chi connectivity index (χ1) is 9.94. The molecule has 114 valence electrons. The van der Waals surface area contributed by atoms with Crippen molar-refractivity contribution in [3.8, 4) is 0 Å². The fraction of sp³-hybridized carbons (Fsp3) is 0.400. The van der Waals surface area contributed by atoms with Gasteiger partial charge in [-0.2, -0.15) is 0 Å². The molecule has 2 rings (SSSR count). The van der Waals surface area contributed by atoms with Gasteiger partial charge in [0, 0.05) is 19.2 Å². The molecule has 1 N–H and O–H groups in total. The zero-order chi connectivity index (χ0) is 15.3. The molecule has 21 heavy (non-hydrogen) atoms. The standard InChI is InChI=1S/C15H19NO4S/c17-15(18)6-5-13-3-1-4-14(11-13)12-16-7-2-9-21(19,20)10-8-16/h1,3-6,11H,2,7-10,12H2,(H,17,18)/b6-5+. The molecule has 1 saturated heterocycles. The smallest absolute Gasteiger partial charge is 0.328 e. The van der Waals surface area contributed by atoms with Gasteiger partial charge in [-0.15, -0.1) is 0 Å². The molecule has 0 aromatic heterocycles. The fourth-order valence-corrected chi connectivity index (χ4v) is 3.68. The number of aliphatic carboxylic acids is 1. The van der Waals surface area contributed by atoms with Crippen LogP contribution in [0.4, 0.5) is 0 Å². The van der Waals surface area contributed by atoms with Crippen LogP contribution < -0.4 is 0 Å². The second-order valence-electron chi connectivity index (χ2n) is 5.20. The van der Waals surface area contributed by atoms with Gasteiger partial charge in [0.2, 0.25) is 0 Å². The van der Waals surface area contributed by atoms with Crippen LogP contribution >= 0.6 is 0 Å². The van der Waals surface area contributed by atoms with E-state index in [0.717, 1.165) is 23.7 Å². The number of carboxylic acids is 1. The minimum absolute atomic E-state index is 0.214. The van der Waals surface area contributed by atoms with Crippen LogP contribution in [-0.2, 0) is 21.2 Å². The van der Waals surface area contributed by atoms with Crippen molar-refractivity contribution >= 4 is 21.9 Å². The summed E-state index contributed by atoms with van der Waals surface area (Å²) in [5.41, 5.74) is 1.89. The van der Waals surface area contributed by atoms with E-state index in [1.165, 1.54) is 0 Å². The molecule has 1 aromatic carbocycles. The van der Waals surface area contributed by atoms with E-state index in [1.54, 1.807) is 6.08 Å². The van der Waals surface area contributed by atoms with Gasteiger partial charge in [-0.25, -0.2) is 13.2 Å². The summed E-state index contributed by atoms with van der Waals surface area (Å²) in [5.74, 6) is -0.491. The Bertz CT molecular complexity index is 637. The van der Waals surface area contributed by atoms with E-state index >= 15 is 0 Å². The number of carboxylic acid groups (broad SMARTS) is 1. The highest BCUT2D eigenvalue weighted by atomic mass is 32.2. The van der Waals surface area contributed by atoms with Crippen molar-refractivity contribution in [3.05, 3.63) is 41.5 Å². The summed E-state index contributed by atoms with van der Waals surface area (Å²) >= 11 is 0. The van der Waals surface area contributed by atoms with E-state index in [0.29, 0.717) is 19.5 Å². The number of hydrogen-bond donors (Lipinski definition) is 1. The molecule has 0 saturated carbocycles. The Morgan fingerprint density at radius 2 is 2.10 bits per heavy atom. The zero-order valence-corrected chi connectivity index (χ0v) is 12.6. The van der Waals surface area contributed by atoms with Crippen molar-refractivity contribution in [1.82, 2.24) is 4.90 Å². The lowest BCUT2D eigenvalue weighted by Crippen LogP contribution is -2.26. The molecular weight excluding hydrogens is 290 g/mol. The monoisotopic (exact) mass is 309 g/mol. The van der Waals surface area contributed by atoms with E-state index < -0.39 is 15.8 Å². The van der Waals surface area contributed by atoms with Gasteiger partial charge in [0.15, 0.2) is 9.84 Å². The summed E-state index contributed by atoms with van der Waals surface area (Å²) in [4.78, 5) is 12.7. The van der Waals surface area contributed by atoms with E-state index in [1.807, 2.05) is 24.3 Å². The molecule has 0 unspecified atom stereocenters. The maximum atomic E-state index is 11.6. The number of hydrogen-bond acceptors (Lipinski definition) is 4. The van der Waals surface area contributed by atoms with Crippen molar-refractivity contribution in [3.63, 3.8) is 0 Å². The van der Waals surface area contributed by atoms with E-state index in [2.05, 4.69) is 4.90 Å². The Kier molecular flexibility index (Phi) is 5.14. The van der Waals surface area contributed by atoms with Gasteiger partial charge in [0.1, 0.15) is 0 Å². The minimum atomic E-state index is -2.89. The summed E-state index contributed by atoms with van der Waals surface area (Å²) in [6.07, 6.45) is 3.33. The first-order valence-electron chi connectivity index (χ1n) is 6.87. The summed E-state index contributed by atoms with van der Waals surface area (Å²) in [6, 6.07) is 7.62. The molecule has 1 fully saturated rings. The minimum Gasteiger partial charge on any atom is -0.478 e. The maximum absolute atomic E-state index is 11.6. The van der Waals surface area contributed by atoms with Gasteiger partial charge in [-0.05, 0) is 30.2 Å². The normalized spacial score (nSPS) is 19.4. The molecule has 0 radical (unpaired) electrons. The molecule has 1 aromatic rings. The quantitative estimate of drug-likeness (QED) is 0.851. The summed E-state index contributed by atoms with van der Waals surface area (Å²) in [6.45, 7) is 2.01. The van der Waals surface area contributed by atoms with E-state index in [-0.39, 0.29) is 11.5 Å². The van der Waals surface area contributed by atoms with E-state index in [9.17, 15) is 13.2 Å². The number of sulfone groups is 1. The Hall–Kier alpha value is -1.66. The Labute approximate surface area is 124 Å². The molecule has 0 amide bonds. The van der Waals surface area contributed by atoms with Gasteiger partial charge < -0.3 is 5.11 Å². The largest absolute Gasteiger partial charge is 0.478 e. The second kappa shape index (κ2) is 6.87. The lowest BCUT2D eigenvalue weighted by atomic mass is 10.1. The molecule has 0 aliphatic carbocycles. The van der Waals surface area contributed by atoms with Crippen LogP contribution in [0, 0.1) is 0 Å². The predicted molar refractivity (Wildman–Crippen MR) is 81.7 cm³/mol. The van der Waals surface area contributed by atoms with Gasteiger partial charge >= 0.3 is 5.97 Å². The lowest BCUT2D eigenvalue weighted by Gasteiger charge is -2.19. The van der Waals surface area contributed by atoms with Crippen molar-refractivity contribution < 1.29 is 18.3 Å². The van der Waals surface area contributed by atoms with Crippen LogP contribution in [0.3, 0.4) is 0 Å². The summed E-state index contributed by atoms with van der Waals surface area (Å²) < 4.78 is 23.2. The first kappa shape index (κ1) is 15.7. The Morgan fingerprint density at radius 3 is 2.86 bits per heavy atom. The van der Waals surface area contributed by atoms with Crippen molar-refractivity contribution in [2.45, 2.75) is 13.0 Å². The topological polar surface area (TPSA) is 74.7 Å². The molecule has 0 bridgehead atoms. The van der Waals surface area contributed by atoms with Crippen LogP contribution in [0.5, 0.6) is 0 Å². The second-order valence-corrected chi connectivity index (χ2v) is 7.50. The SMILES string of the molecule is O=C(O)/C=C/c1cccc(CN2CCCS(=O)(=O)CC2)c1. The van der Waals surface area contributed by atoms with Gasteiger partial charge in [0.05, 0.1) is 11.5 Å². The lowest BCUT2D eigenvalue weighted by molar-refractivity contribution is -0.131. The zero-order valence-electron chi connectivity index (χ0n) is 11.7. The maximum Gasteiger partial charge on any atom is 0.328 e. The number of rotatable bonds is 4. The summed E-state index contributed by atoms with van der Waals surface area (Å²) in [5, 5.41) is 8.63. The van der Waals surface area contributed by atoms with Crippen LogP contribution in [0.15, 0.2) is 30.3 Å². The van der Waals surface area contributed by atoms with Crippen molar-refractivity contribution in [2.75, 3.05) is 24.6 Å². The average molecular weight is 309 g/mol. The Balaban J connectivity index is 2.02. The molecule has 1 aliphatic rings. The van der Waals surface area contributed by atoms with Gasteiger partial charge in [-0.3, -0.25) is 4.90 Å². The third-order valence-electron chi connectivity index (χ3n) is 3.42. The van der Waals surface area contributed by atoms with E-state index in [4.69, 9.17) is 5.11 Å². The number of carbonyl (C=O) groups is 1. The predicted octanol–water partition coefficient (Wildman–Crippen LogP) is 1.40.